The van der Waals surface area contributed by atoms with Crippen LogP contribution in [0.1, 0.15) is 31.9 Å². The van der Waals surface area contributed by atoms with E-state index in [1.807, 2.05) is 26.8 Å². The van der Waals surface area contributed by atoms with E-state index in [-0.39, 0.29) is 29.5 Å². The van der Waals surface area contributed by atoms with Gasteiger partial charge >= 0.3 is 0 Å². The number of carbonyl (C=O) groups excluding carboxylic acids is 1. The van der Waals surface area contributed by atoms with Crippen LogP contribution in [0, 0.1) is 5.41 Å². The van der Waals surface area contributed by atoms with E-state index in [1.165, 1.54) is 6.26 Å². The van der Waals surface area contributed by atoms with Crippen molar-refractivity contribution in [3.8, 4) is 0 Å². The number of nitrogens with one attached hydrogen (secondary N) is 1. The van der Waals surface area contributed by atoms with Crippen molar-refractivity contribution in [1.82, 2.24) is 5.32 Å². The topological polar surface area (TPSA) is 89.3 Å². The van der Waals surface area contributed by atoms with Gasteiger partial charge in [-0.25, -0.2) is 8.42 Å². The van der Waals surface area contributed by atoms with Gasteiger partial charge in [-0.2, -0.15) is 0 Å². The number of amides is 1. The molecule has 5 nitrogen and oxygen atoms in total. The number of rotatable bonds is 5. The quantitative estimate of drug-likeness (QED) is 0.846. The molecule has 1 aromatic rings. The molecule has 1 atom stereocenters. The van der Waals surface area contributed by atoms with Gasteiger partial charge in [0.15, 0.2) is 9.84 Å². The van der Waals surface area contributed by atoms with Gasteiger partial charge in [0.25, 0.3) is 0 Å². The molecule has 0 aliphatic heterocycles. The predicted octanol–water partition coefficient (Wildman–Crippen LogP) is 1.64. The fourth-order valence-corrected chi connectivity index (χ4v) is 2.61. The smallest absolute Gasteiger partial charge is 0.237 e. The summed E-state index contributed by atoms with van der Waals surface area (Å²) in [4.78, 5) is 11.9. The second-order valence-corrected chi connectivity index (χ2v) is 8.59. The first-order chi connectivity index (χ1) is 9.49. The van der Waals surface area contributed by atoms with Crippen LogP contribution in [-0.2, 0) is 26.9 Å². The van der Waals surface area contributed by atoms with E-state index in [0.717, 1.165) is 5.56 Å². The van der Waals surface area contributed by atoms with Crippen LogP contribution >= 0.6 is 12.4 Å². The molecule has 0 heterocycles. The maximum absolute atomic E-state index is 11.9. The molecule has 0 aromatic heterocycles. The van der Waals surface area contributed by atoms with Crippen LogP contribution in [0.15, 0.2) is 24.3 Å². The van der Waals surface area contributed by atoms with Gasteiger partial charge in [-0.15, -0.1) is 12.4 Å². The summed E-state index contributed by atoms with van der Waals surface area (Å²) in [7, 11) is -3.07. The Labute approximate surface area is 139 Å². The highest BCUT2D eigenvalue weighted by molar-refractivity contribution is 7.89. The summed E-state index contributed by atoms with van der Waals surface area (Å²) in [6.45, 7) is 6.05. The summed E-state index contributed by atoms with van der Waals surface area (Å²) in [5.74, 6) is -0.216. The van der Waals surface area contributed by atoms with Gasteiger partial charge in [0.2, 0.25) is 5.91 Å². The van der Waals surface area contributed by atoms with Crippen LogP contribution in [0.2, 0.25) is 0 Å². The zero-order valence-corrected chi connectivity index (χ0v) is 15.1. The van der Waals surface area contributed by atoms with Crippen molar-refractivity contribution >= 4 is 28.2 Å². The Kier molecular flexibility index (Phi) is 7.54. The average Bonchev–Trinajstić information content (AvgIpc) is 2.32. The number of sulfone groups is 1. The fraction of sp³-hybridized carbons (Fsp3) is 0.533. The number of hydrogen-bond donors (Lipinski definition) is 2. The average molecular weight is 349 g/mol. The van der Waals surface area contributed by atoms with Crippen molar-refractivity contribution in [2.24, 2.45) is 11.1 Å². The number of halogens is 1. The number of benzene rings is 1. The molecular formula is C15H25ClN2O3S. The van der Waals surface area contributed by atoms with Crippen LogP contribution in [0.4, 0.5) is 0 Å². The maximum atomic E-state index is 11.9. The normalized spacial score (nSPS) is 13.1. The molecule has 0 saturated carbocycles. The van der Waals surface area contributed by atoms with E-state index in [2.05, 4.69) is 5.32 Å². The molecule has 1 amide bonds. The van der Waals surface area contributed by atoms with E-state index in [9.17, 15) is 13.2 Å². The van der Waals surface area contributed by atoms with Crippen molar-refractivity contribution in [2.45, 2.75) is 39.1 Å². The summed E-state index contributed by atoms with van der Waals surface area (Å²) < 4.78 is 22.6. The van der Waals surface area contributed by atoms with E-state index in [0.29, 0.717) is 12.1 Å². The standard InChI is InChI=1S/C15H24N2O3S.ClH/c1-15(2,3)13(16)14(18)17-9-11-6-5-7-12(8-11)10-21(4,19)20;/h5-8,13H,9-10,16H2,1-4H3,(H,17,18);1H/t13-;/m1./s1. The van der Waals surface area contributed by atoms with Crippen molar-refractivity contribution in [3.05, 3.63) is 35.4 Å². The lowest BCUT2D eigenvalue weighted by atomic mass is 9.87. The van der Waals surface area contributed by atoms with Gasteiger partial charge in [0.05, 0.1) is 11.8 Å². The Balaban J connectivity index is 0.00000441. The van der Waals surface area contributed by atoms with Gasteiger partial charge in [-0.1, -0.05) is 45.0 Å². The third kappa shape index (κ3) is 7.24. The fourth-order valence-electron chi connectivity index (χ4n) is 1.82. The van der Waals surface area contributed by atoms with Crippen LogP contribution in [0.25, 0.3) is 0 Å². The van der Waals surface area contributed by atoms with Gasteiger partial charge in [-0.05, 0) is 16.5 Å². The molecule has 0 fully saturated rings. The zero-order valence-electron chi connectivity index (χ0n) is 13.4. The molecule has 1 aromatic carbocycles. The van der Waals surface area contributed by atoms with E-state index in [1.54, 1.807) is 18.2 Å². The van der Waals surface area contributed by atoms with Crippen LogP contribution in [-0.4, -0.2) is 26.6 Å². The van der Waals surface area contributed by atoms with Crippen LogP contribution in [0.5, 0.6) is 0 Å². The molecule has 22 heavy (non-hydrogen) atoms. The summed E-state index contributed by atoms with van der Waals surface area (Å²) in [5.41, 5.74) is 7.14. The third-order valence-electron chi connectivity index (χ3n) is 3.10. The molecule has 0 aliphatic rings. The monoisotopic (exact) mass is 348 g/mol. The van der Waals surface area contributed by atoms with Gasteiger partial charge in [-0.3, -0.25) is 4.79 Å². The third-order valence-corrected chi connectivity index (χ3v) is 3.96. The molecule has 126 valence electrons. The molecule has 7 heteroatoms. The highest BCUT2D eigenvalue weighted by Gasteiger charge is 2.27. The van der Waals surface area contributed by atoms with Crippen LogP contribution < -0.4 is 11.1 Å². The SMILES string of the molecule is CC(C)(C)[C@H](N)C(=O)NCc1cccc(CS(C)(=O)=O)c1.Cl. The highest BCUT2D eigenvalue weighted by Crippen LogP contribution is 2.17. The molecule has 1 rings (SSSR count). The first-order valence-corrected chi connectivity index (χ1v) is 8.84. The zero-order chi connectivity index (χ0) is 16.3. The minimum Gasteiger partial charge on any atom is -0.351 e. The Morgan fingerprint density at radius 1 is 1.27 bits per heavy atom. The second kappa shape index (κ2) is 7.94. The van der Waals surface area contributed by atoms with E-state index < -0.39 is 15.9 Å². The minimum atomic E-state index is -3.07. The Morgan fingerprint density at radius 2 is 1.82 bits per heavy atom. The number of nitrogens with two attached hydrogens (primary N) is 1. The Bertz CT molecular complexity index is 609. The first-order valence-electron chi connectivity index (χ1n) is 6.78. The molecule has 0 spiro atoms. The second-order valence-electron chi connectivity index (χ2n) is 6.45. The first kappa shape index (κ1) is 20.9. The molecule has 3 N–H and O–H groups in total. The Hall–Kier alpha value is -1.11. The van der Waals surface area contributed by atoms with E-state index in [4.69, 9.17) is 5.73 Å². The van der Waals surface area contributed by atoms with Crippen LogP contribution in [0.3, 0.4) is 0 Å². The predicted molar refractivity (Wildman–Crippen MR) is 91.5 cm³/mol. The summed E-state index contributed by atoms with van der Waals surface area (Å²) >= 11 is 0. The molecule has 0 radical (unpaired) electrons. The van der Waals surface area contributed by atoms with Gasteiger partial charge in [0, 0.05) is 12.8 Å². The number of hydrogen-bond acceptors (Lipinski definition) is 4. The van der Waals surface area contributed by atoms with Gasteiger partial charge < -0.3 is 11.1 Å². The minimum absolute atomic E-state index is 0. The Morgan fingerprint density at radius 3 is 2.32 bits per heavy atom. The summed E-state index contributed by atoms with van der Waals surface area (Å²) in [6.07, 6.45) is 1.20. The van der Waals surface area contributed by atoms with Crippen molar-refractivity contribution in [2.75, 3.05) is 6.26 Å². The van der Waals surface area contributed by atoms with Crippen molar-refractivity contribution < 1.29 is 13.2 Å². The lowest BCUT2D eigenvalue weighted by molar-refractivity contribution is -0.124. The largest absolute Gasteiger partial charge is 0.351 e. The molecule has 0 bridgehead atoms. The maximum Gasteiger partial charge on any atom is 0.237 e. The van der Waals surface area contributed by atoms with Gasteiger partial charge in [0.1, 0.15) is 0 Å². The van der Waals surface area contributed by atoms with E-state index >= 15 is 0 Å². The molecule has 0 saturated heterocycles. The molecular weight excluding hydrogens is 324 g/mol. The number of carbonyl (C=O) groups is 1. The lowest BCUT2D eigenvalue weighted by Crippen LogP contribution is -2.48. The highest BCUT2D eigenvalue weighted by atomic mass is 35.5. The lowest BCUT2D eigenvalue weighted by Gasteiger charge is -2.25. The summed E-state index contributed by atoms with van der Waals surface area (Å²) in [6, 6.07) is 6.58. The molecule has 0 aliphatic carbocycles. The van der Waals surface area contributed by atoms with Crippen molar-refractivity contribution in [1.29, 1.82) is 0 Å². The van der Waals surface area contributed by atoms with Crippen molar-refractivity contribution in [3.63, 3.8) is 0 Å². The molecule has 0 unspecified atom stereocenters. The summed E-state index contributed by atoms with van der Waals surface area (Å²) in [5, 5.41) is 2.78.